The van der Waals surface area contributed by atoms with E-state index < -0.39 is 0 Å². The number of nitrogens with zero attached hydrogens (tertiary/aromatic N) is 3. The predicted molar refractivity (Wildman–Crippen MR) is 117 cm³/mol. The maximum absolute atomic E-state index is 4.26. The second-order valence-corrected chi connectivity index (χ2v) is 7.27. The fourth-order valence-electron chi connectivity index (χ4n) is 3.97. The van der Waals surface area contributed by atoms with E-state index in [0.717, 1.165) is 12.2 Å². The van der Waals surface area contributed by atoms with Gasteiger partial charge >= 0.3 is 0 Å². The second kappa shape index (κ2) is 8.91. The molecule has 29 heavy (non-hydrogen) atoms. The SMILES string of the molecule is CC[n+]1c(/C=C/c2cc(C)n(-c3cccnc3)c2C)ccc2cc(C)ccc21.[I-]. The highest BCUT2D eigenvalue weighted by Gasteiger charge is 2.13. The molecule has 3 nitrogen and oxygen atoms in total. The van der Waals surface area contributed by atoms with Crippen LogP contribution in [0.1, 0.15) is 35.1 Å². The van der Waals surface area contributed by atoms with Crippen molar-refractivity contribution in [3.8, 4) is 5.69 Å². The summed E-state index contributed by atoms with van der Waals surface area (Å²) in [5.41, 5.74) is 8.54. The lowest BCUT2D eigenvalue weighted by molar-refractivity contribution is -0.669. The zero-order chi connectivity index (χ0) is 19.7. The predicted octanol–water partition coefficient (Wildman–Crippen LogP) is 2.43. The average molecular weight is 495 g/mol. The fraction of sp³-hybridized carbons (Fsp3) is 0.200. The minimum absolute atomic E-state index is 0. The number of fused-ring (bicyclic) bond motifs is 1. The van der Waals surface area contributed by atoms with E-state index in [4.69, 9.17) is 0 Å². The van der Waals surface area contributed by atoms with E-state index in [2.05, 4.69) is 96.4 Å². The van der Waals surface area contributed by atoms with Crippen LogP contribution in [-0.2, 0) is 6.54 Å². The van der Waals surface area contributed by atoms with Gasteiger partial charge in [-0.2, -0.15) is 4.57 Å². The van der Waals surface area contributed by atoms with E-state index >= 15 is 0 Å². The van der Waals surface area contributed by atoms with Crippen molar-refractivity contribution in [1.82, 2.24) is 9.55 Å². The third kappa shape index (κ3) is 4.13. The Labute approximate surface area is 189 Å². The van der Waals surface area contributed by atoms with Gasteiger partial charge in [-0.15, -0.1) is 0 Å². The number of halogens is 1. The number of aryl methyl sites for hydroxylation is 3. The van der Waals surface area contributed by atoms with Gasteiger partial charge in [-0.25, -0.2) is 0 Å². The number of hydrogen-bond acceptors (Lipinski definition) is 1. The molecule has 0 saturated carbocycles. The maximum atomic E-state index is 4.26. The van der Waals surface area contributed by atoms with Gasteiger partial charge in [-0.3, -0.25) is 4.98 Å². The summed E-state index contributed by atoms with van der Waals surface area (Å²) in [7, 11) is 0. The molecule has 4 rings (SSSR count). The normalized spacial score (nSPS) is 11.2. The van der Waals surface area contributed by atoms with Crippen LogP contribution in [0.4, 0.5) is 0 Å². The molecule has 0 aliphatic carbocycles. The quantitative estimate of drug-likeness (QED) is 0.315. The number of rotatable bonds is 4. The van der Waals surface area contributed by atoms with Crippen molar-refractivity contribution in [2.24, 2.45) is 0 Å². The lowest BCUT2D eigenvalue weighted by Crippen LogP contribution is -3.00. The number of benzene rings is 1. The number of pyridine rings is 2. The molecule has 0 amide bonds. The van der Waals surface area contributed by atoms with E-state index in [1.165, 1.54) is 39.1 Å². The zero-order valence-corrected chi connectivity index (χ0v) is 19.5. The van der Waals surface area contributed by atoms with Crippen molar-refractivity contribution in [3.63, 3.8) is 0 Å². The van der Waals surface area contributed by atoms with E-state index in [9.17, 15) is 0 Å². The second-order valence-electron chi connectivity index (χ2n) is 7.27. The van der Waals surface area contributed by atoms with Crippen molar-refractivity contribution in [1.29, 1.82) is 0 Å². The lowest BCUT2D eigenvalue weighted by atomic mass is 10.1. The molecule has 0 N–H and O–H groups in total. The summed E-state index contributed by atoms with van der Waals surface area (Å²) >= 11 is 0. The van der Waals surface area contributed by atoms with Crippen LogP contribution in [0.5, 0.6) is 0 Å². The maximum Gasteiger partial charge on any atom is 0.212 e. The molecule has 0 fully saturated rings. The summed E-state index contributed by atoms with van der Waals surface area (Å²) in [6.45, 7) is 9.58. The summed E-state index contributed by atoms with van der Waals surface area (Å²) in [4.78, 5) is 4.26. The molecule has 0 bridgehead atoms. The average Bonchev–Trinajstić information content (AvgIpc) is 2.99. The molecule has 3 aromatic heterocycles. The van der Waals surface area contributed by atoms with Crippen molar-refractivity contribution in [2.75, 3.05) is 0 Å². The Hall–Kier alpha value is -2.47. The first-order chi connectivity index (χ1) is 13.6. The topological polar surface area (TPSA) is 21.7 Å². The molecule has 0 radical (unpaired) electrons. The van der Waals surface area contributed by atoms with E-state index in [1.807, 2.05) is 18.5 Å². The number of hydrogen-bond donors (Lipinski definition) is 0. The lowest BCUT2D eigenvalue weighted by Gasteiger charge is -2.08. The van der Waals surface area contributed by atoms with Gasteiger partial charge in [-0.05, 0) is 69.7 Å². The first kappa shape index (κ1) is 21.2. The Balaban J connectivity index is 0.00000240. The zero-order valence-electron chi connectivity index (χ0n) is 17.4. The Morgan fingerprint density at radius 3 is 2.55 bits per heavy atom. The largest absolute Gasteiger partial charge is 1.00 e. The molecule has 4 aromatic rings. The summed E-state index contributed by atoms with van der Waals surface area (Å²) in [6.07, 6.45) is 8.15. The third-order valence-electron chi connectivity index (χ3n) is 5.34. The van der Waals surface area contributed by atoms with Gasteiger partial charge in [0.05, 0.1) is 11.9 Å². The Morgan fingerprint density at radius 1 is 1.00 bits per heavy atom. The van der Waals surface area contributed by atoms with Crippen LogP contribution in [0, 0.1) is 20.8 Å². The summed E-state index contributed by atoms with van der Waals surface area (Å²) < 4.78 is 4.62. The first-order valence-electron chi connectivity index (χ1n) is 9.79. The third-order valence-corrected chi connectivity index (χ3v) is 5.34. The first-order valence-corrected chi connectivity index (χ1v) is 9.79. The Morgan fingerprint density at radius 2 is 1.83 bits per heavy atom. The molecular weight excluding hydrogens is 469 g/mol. The van der Waals surface area contributed by atoms with Crippen LogP contribution in [0.3, 0.4) is 0 Å². The highest BCUT2D eigenvalue weighted by Crippen LogP contribution is 2.22. The van der Waals surface area contributed by atoms with E-state index in [1.54, 1.807) is 0 Å². The molecular formula is C25H26IN3. The van der Waals surface area contributed by atoms with Crippen LogP contribution in [0.25, 0.3) is 28.7 Å². The van der Waals surface area contributed by atoms with Gasteiger partial charge in [0.15, 0.2) is 0 Å². The molecule has 0 aliphatic heterocycles. The van der Waals surface area contributed by atoms with Crippen molar-refractivity contribution in [3.05, 3.63) is 89.1 Å². The molecule has 3 heterocycles. The standard InChI is InChI=1S/C25H26N3.HI/c1-5-27-23(12-10-22-15-18(2)8-13-25(22)27)11-9-21-16-19(3)28(20(21)4)24-7-6-14-26-17-24;/h6-17H,5H2,1-4H3;1H/q+1;/p-1. The fourth-order valence-corrected chi connectivity index (χ4v) is 3.97. The molecule has 0 spiro atoms. The van der Waals surface area contributed by atoms with Gasteiger partial charge in [0, 0.05) is 41.2 Å². The monoisotopic (exact) mass is 495 g/mol. The summed E-state index contributed by atoms with van der Waals surface area (Å²) in [6, 6.07) is 17.4. The van der Waals surface area contributed by atoms with Crippen LogP contribution in [-0.4, -0.2) is 9.55 Å². The molecule has 0 unspecified atom stereocenters. The van der Waals surface area contributed by atoms with Gasteiger partial charge in [0.25, 0.3) is 0 Å². The van der Waals surface area contributed by atoms with Crippen LogP contribution >= 0.6 is 0 Å². The smallest absolute Gasteiger partial charge is 0.212 e. The van der Waals surface area contributed by atoms with Gasteiger partial charge < -0.3 is 28.5 Å². The minimum atomic E-state index is 0. The van der Waals surface area contributed by atoms with Crippen LogP contribution < -0.4 is 28.5 Å². The van der Waals surface area contributed by atoms with Crippen LogP contribution in [0.15, 0.2) is 60.9 Å². The molecule has 0 saturated heterocycles. The van der Waals surface area contributed by atoms with Crippen molar-refractivity contribution in [2.45, 2.75) is 34.2 Å². The molecule has 0 aliphatic rings. The van der Waals surface area contributed by atoms with Crippen molar-refractivity contribution < 1.29 is 28.5 Å². The minimum Gasteiger partial charge on any atom is -1.00 e. The van der Waals surface area contributed by atoms with Gasteiger partial charge in [-0.1, -0.05) is 11.6 Å². The Kier molecular flexibility index (Phi) is 6.52. The Bertz CT molecular complexity index is 1170. The van der Waals surface area contributed by atoms with Gasteiger partial charge in [0.2, 0.25) is 11.2 Å². The highest BCUT2D eigenvalue weighted by molar-refractivity contribution is 5.78. The van der Waals surface area contributed by atoms with E-state index in [-0.39, 0.29) is 24.0 Å². The summed E-state index contributed by atoms with van der Waals surface area (Å²) in [5, 5.41) is 1.29. The molecule has 148 valence electrons. The van der Waals surface area contributed by atoms with Crippen LogP contribution in [0.2, 0.25) is 0 Å². The molecule has 1 aromatic carbocycles. The highest BCUT2D eigenvalue weighted by atomic mass is 127. The molecule has 0 atom stereocenters. The van der Waals surface area contributed by atoms with E-state index in [0.29, 0.717) is 0 Å². The van der Waals surface area contributed by atoms with Crippen molar-refractivity contribution >= 4 is 23.1 Å². The molecule has 4 heteroatoms. The number of aromatic nitrogens is 3. The van der Waals surface area contributed by atoms with Gasteiger partial charge in [0.1, 0.15) is 6.54 Å². The summed E-state index contributed by atoms with van der Waals surface area (Å²) in [5.74, 6) is 0.